The third-order valence-electron chi connectivity index (χ3n) is 4.71. The second kappa shape index (κ2) is 4.56. The van der Waals surface area contributed by atoms with Gasteiger partial charge in [-0.2, -0.15) is 0 Å². The number of benzene rings is 1. The molecule has 2 saturated heterocycles. The summed E-state index contributed by atoms with van der Waals surface area (Å²) in [5.74, 6) is 0.0305. The summed E-state index contributed by atoms with van der Waals surface area (Å²) in [7, 11) is 0. The number of Topliss-reactive ketones (excluding diaryl/α,β-unsaturated/α-hetero) is 1. The molecule has 2 bridgehead atoms. The summed E-state index contributed by atoms with van der Waals surface area (Å²) < 4.78 is 0. The van der Waals surface area contributed by atoms with E-state index in [-0.39, 0.29) is 5.78 Å². The SMILES string of the molecule is CC12CC(=O)C(C)(CN(Cc3ccccc3)C1)N2C(=O)O. The van der Waals surface area contributed by atoms with Gasteiger partial charge in [0.2, 0.25) is 0 Å². The minimum absolute atomic E-state index is 0.0305. The molecular weight excluding hydrogens is 268 g/mol. The van der Waals surface area contributed by atoms with E-state index in [9.17, 15) is 14.7 Å². The fourth-order valence-electron chi connectivity index (χ4n) is 3.99. The van der Waals surface area contributed by atoms with Crippen molar-refractivity contribution < 1.29 is 14.7 Å². The fourth-order valence-corrected chi connectivity index (χ4v) is 3.99. The predicted octanol–water partition coefficient (Wildman–Crippen LogP) is 1.97. The van der Waals surface area contributed by atoms with E-state index in [0.717, 1.165) is 6.54 Å². The van der Waals surface area contributed by atoms with Crippen molar-refractivity contribution in [3.63, 3.8) is 0 Å². The maximum atomic E-state index is 12.4. The van der Waals surface area contributed by atoms with Crippen LogP contribution in [0.2, 0.25) is 0 Å². The van der Waals surface area contributed by atoms with Crippen LogP contribution in [0.15, 0.2) is 30.3 Å². The van der Waals surface area contributed by atoms with Gasteiger partial charge in [0.05, 0.1) is 5.54 Å². The number of carboxylic acid groups (broad SMARTS) is 1. The van der Waals surface area contributed by atoms with Crippen molar-refractivity contribution in [2.45, 2.75) is 37.9 Å². The van der Waals surface area contributed by atoms with Crippen LogP contribution in [-0.2, 0) is 11.3 Å². The molecule has 0 spiro atoms. The molecule has 2 heterocycles. The third kappa shape index (κ3) is 2.12. The van der Waals surface area contributed by atoms with Crippen LogP contribution in [0.1, 0.15) is 25.8 Å². The van der Waals surface area contributed by atoms with Gasteiger partial charge < -0.3 is 5.11 Å². The predicted molar refractivity (Wildman–Crippen MR) is 78.0 cm³/mol. The number of carbonyl (C=O) groups excluding carboxylic acids is 1. The summed E-state index contributed by atoms with van der Waals surface area (Å²) in [6.07, 6.45) is -0.689. The number of ketones is 1. The molecule has 0 radical (unpaired) electrons. The van der Waals surface area contributed by atoms with Crippen molar-refractivity contribution >= 4 is 11.9 Å². The molecule has 5 nitrogen and oxygen atoms in total. The van der Waals surface area contributed by atoms with E-state index < -0.39 is 17.2 Å². The Labute approximate surface area is 124 Å². The molecule has 1 aromatic rings. The van der Waals surface area contributed by atoms with E-state index in [2.05, 4.69) is 17.0 Å². The number of rotatable bonds is 2. The Hall–Kier alpha value is -1.88. The van der Waals surface area contributed by atoms with Gasteiger partial charge in [0.25, 0.3) is 0 Å². The Morgan fingerprint density at radius 3 is 2.48 bits per heavy atom. The van der Waals surface area contributed by atoms with E-state index in [0.29, 0.717) is 19.5 Å². The molecule has 0 aromatic heterocycles. The van der Waals surface area contributed by atoms with Crippen LogP contribution in [-0.4, -0.2) is 51.0 Å². The van der Waals surface area contributed by atoms with Crippen LogP contribution in [0.5, 0.6) is 0 Å². The van der Waals surface area contributed by atoms with E-state index in [4.69, 9.17) is 0 Å². The lowest BCUT2D eigenvalue weighted by Crippen LogP contribution is -2.67. The summed E-state index contributed by atoms with van der Waals surface area (Å²) >= 11 is 0. The van der Waals surface area contributed by atoms with Gasteiger partial charge in [0.15, 0.2) is 5.78 Å². The number of amides is 1. The van der Waals surface area contributed by atoms with Crippen LogP contribution in [0.4, 0.5) is 4.79 Å². The van der Waals surface area contributed by atoms with Gasteiger partial charge in [-0.15, -0.1) is 0 Å². The van der Waals surface area contributed by atoms with Gasteiger partial charge >= 0.3 is 6.09 Å². The average molecular weight is 288 g/mol. The smallest absolute Gasteiger partial charge is 0.408 e. The van der Waals surface area contributed by atoms with Gasteiger partial charge in [-0.1, -0.05) is 30.3 Å². The second-order valence-corrected chi connectivity index (χ2v) is 6.62. The van der Waals surface area contributed by atoms with E-state index >= 15 is 0 Å². The van der Waals surface area contributed by atoms with Crippen molar-refractivity contribution in [3.05, 3.63) is 35.9 Å². The molecule has 2 atom stereocenters. The number of hydrogen-bond donors (Lipinski definition) is 1. The highest BCUT2D eigenvalue weighted by Gasteiger charge is 2.62. The molecule has 2 aliphatic rings. The van der Waals surface area contributed by atoms with E-state index in [1.165, 1.54) is 10.5 Å². The first-order chi connectivity index (χ1) is 9.85. The first-order valence-electron chi connectivity index (χ1n) is 7.18. The van der Waals surface area contributed by atoms with Gasteiger partial charge in [0, 0.05) is 26.1 Å². The molecule has 2 fully saturated rings. The quantitative estimate of drug-likeness (QED) is 0.904. The first kappa shape index (κ1) is 14.1. The summed E-state index contributed by atoms with van der Waals surface area (Å²) in [6.45, 7) is 5.43. The standard InChI is InChI=1S/C16H20N2O3/c1-15-8-13(19)16(2,18(15)14(20)21)11-17(10-15)9-12-6-4-3-5-7-12/h3-7H,8-11H2,1-2H3,(H,20,21). The zero-order chi connectivity index (χ0) is 15.3. The maximum absolute atomic E-state index is 12.4. The molecule has 112 valence electrons. The normalized spacial score (nSPS) is 32.5. The zero-order valence-electron chi connectivity index (χ0n) is 12.4. The van der Waals surface area contributed by atoms with Gasteiger partial charge in [0.1, 0.15) is 5.54 Å². The van der Waals surface area contributed by atoms with Crippen molar-refractivity contribution in [1.29, 1.82) is 0 Å². The van der Waals surface area contributed by atoms with Crippen molar-refractivity contribution in [3.8, 4) is 0 Å². The molecular formula is C16H20N2O3. The number of fused-ring (bicyclic) bond motifs is 2. The van der Waals surface area contributed by atoms with Crippen LogP contribution in [0.25, 0.3) is 0 Å². The minimum atomic E-state index is -0.995. The lowest BCUT2D eigenvalue weighted by Gasteiger charge is -2.49. The van der Waals surface area contributed by atoms with E-state index in [1.54, 1.807) is 6.92 Å². The van der Waals surface area contributed by atoms with Gasteiger partial charge in [-0.05, 0) is 19.4 Å². The Kier molecular flexibility index (Phi) is 3.06. The second-order valence-electron chi connectivity index (χ2n) is 6.62. The van der Waals surface area contributed by atoms with E-state index in [1.807, 2.05) is 25.1 Å². The lowest BCUT2D eigenvalue weighted by atomic mass is 9.94. The molecule has 1 N–H and O–H groups in total. The molecule has 3 rings (SSSR count). The molecule has 2 aliphatic heterocycles. The lowest BCUT2D eigenvalue weighted by molar-refractivity contribution is -0.126. The number of carbonyl (C=O) groups is 2. The Bertz CT molecular complexity index is 588. The summed E-state index contributed by atoms with van der Waals surface area (Å²) in [5.41, 5.74) is -0.362. The largest absolute Gasteiger partial charge is 0.465 e. The molecule has 0 aliphatic carbocycles. The van der Waals surface area contributed by atoms with Crippen molar-refractivity contribution in [2.75, 3.05) is 13.1 Å². The highest BCUT2D eigenvalue weighted by Crippen LogP contribution is 2.43. The molecule has 1 amide bonds. The average Bonchev–Trinajstić information content (AvgIpc) is 2.50. The maximum Gasteiger partial charge on any atom is 0.408 e. The van der Waals surface area contributed by atoms with Crippen molar-refractivity contribution in [1.82, 2.24) is 9.80 Å². The highest BCUT2D eigenvalue weighted by molar-refractivity contribution is 5.96. The monoisotopic (exact) mass is 288 g/mol. The Morgan fingerprint density at radius 1 is 1.24 bits per heavy atom. The van der Waals surface area contributed by atoms with Crippen LogP contribution in [0.3, 0.4) is 0 Å². The number of piperazine rings is 1. The molecule has 0 saturated carbocycles. The zero-order valence-corrected chi connectivity index (χ0v) is 12.4. The highest BCUT2D eigenvalue weighted by atomic mass is 16.4. The minimum Gasteiger partial charge on any atom is -0.465 e. The van der Waals surface area contributed by atoms with Gasteiger partial charge in [-0.3, -0.25) is 14.6 Å². The Morgan fingerprint density at radius 2 is 1.90 bits per heavy atom. The van der Waals surface area contributed by atoms with Crippen LogP contribution < -0.4 is 0 Å². The third-order valence-corrected chi connectivity index (χ3v) is 4.71. The Balaban J connectivity index is 1.88. The summed E-state index contributed by atoms with van der Waals surface area (Å²) in [4.78, 5) is 27.5. The van der Waals surface area contributed by atoms with Gasteiger partial charge in [-0.25, -0.2) is 4.79 Å². The molecule has 21 heavy (non-hydrogen) atoms. The first-order valence-corrected chi connectivity index (χ1v) is 7.18. The fraction of sp³-hybridized carbons (Fsp3) is 0.500. The van der Waals surface area contributed by atoms with Crippen LogP contribution >= 0.6 is 0 Å². The molecule has 1 aromatic carbocycles. The molecule has 2 unspecified atom stereocenters. The summed E-state index contributed by atoms with van der Waals surface area (Å²) in [6, 6.07) is 10.1. The summed E-state index contributed by atoms with van der Waals surface area (Å²) in [5, 5.41) is 9.50. The number of hydrogen-bond acceptors (Lipinski definition) is 3. The number of nitrogens with zero attached hydrogens (tertiary/aromatic N) is 2. The molecule has 5 heteroatoms. The van der Waals surface area contributed by atoms with Crippen molar-refractivity contribution in [2.24, 2.45) is 0 Å². The topological polar surface area (TPSA) is 60.9 Å². The van der Waals surface area contributed by atoms with Crippen LogP contribution in [0, 0.1) is 0 Å². The number of likely N-dealkylation sites (tertiary alicyclic amines) is 1.